The van der Waals surface area contributed by atoms with Gasteiger partial charge in [0, 0.05) is 6.54 Å². The van der Waals surface area contributed by atoms with Gasteiger partial charge in [0.15, 0.2) is 8.32 Å². The zero-order valence-electron chi connectivity index (χ0n) is 18.5. The van der Waals surface area contributed by atoms with E-state index in [4.69, 9.17) is 16.0 Å². The Labute approximate surface area is 180 Å². The summed E-state index contributed by atoms with van der Waals surface area (Å²) in [6, 6.07) is 5.78. The lowest BCUT2D eigenvalue weighted by molar-refractivity contribution is 0.136. The summed E-state index contributed by atoms with van der Waals surface area (Å²) in [6.45, 7) is 16.0. The van der Waals surface area contributed by atoms with Gasteiger partial charge in [-0.05, 0) is 55.6 Å². The van der Waals surface area contributed by atoms with Crippen LogP contribution in [0.3, 0.4) is 0 Å². The molecule has 0 unspecified atom stereocenters. The molecular weight excluding hydrogens is 402 g/mol. The number of hydrogen-bond acceptors (Lipinski definition) is 3. The van der Waals surface area contributed by atoms with Gasteiger partial charge in [-0.25, -0.2) is 4.79 Å². The molecule has 2 saturated heterocycles. The SMILES string of the molecule is CC[C@@H]1[C@@H]2[C@@H](O[Si](C)(C)C(C)(C)C)CCN2C(=O)N1c1ccc(C#N)c(Cl)c1C. The van der Waals surface area contributed by atoms with Crippen LogP contribution in [0.15, 0.2) is 12.1 Å². The molecule has 2 heterocycles. The third kappa shape index (κ3) is 3.58. The Morgan fingerprint density at radius 2 is 2.00 bits per heavy atom. The maximum atomic E-state index is 13.4. The quantitative estimate of drug-likeness (QED) is 0.572. The van der Waals surface area contributed by atoms with Crippen LogP contribution in [-0.4, -0.2) is 44.0 Å². The smallest absolute Gasteiger partial charge is 0.325 e. The predicted octanol–water partition coefficient (Wildman–Crippen LogP) is 5.70. The number of fused-ring (bicyclic) bond motifs is 1. The van der Waals surface area contributed by atoms with Crippen LogP contribution in [0.5, 0.6) is 0 Å². The highest BCUT2D eigenvalue weighted by atomic mass is 35.5. The van der Waals surface area contributed by atoms with Crippen LogP contribution in [0.1, 0.15) is 51.7 Å². The van der Waals surface area contributed by atoms with Crippen molar-refractivity contribution in [3.8, 4) is 6.07 Å². The number of rotatable bonds is 4. The van der Waals surface area contributed by atoms with Gasteiger partial charge in [-0.2, -0.15) is 5.26 Å². The predicted molar refractivity (Wildman–Crippen MR) is 120 cm³/mol. The first-order valence-electron chi connectivity index (χ1n) is 10.4. The molecule has 0 bridgehead atoms. The number of amides is 2. The number of nitriles is 1. The zero-order chi connectivity index (χ0) is 21.7. The number of carbonyl (C=O) groups excluding carboxylic acids is 1. The average molecular weight is 434 g/mol. The van der Waals surface area contributed by atoms with E-state index in [1.165, 1.54) is 0 Å². The summed E-state index contributed by atoms with van der Waals surface area (Å²) in [4.78, 5) is 17.2. The second-order valence-corrected chi connectivity index (χ2v) is 14.8. The molecule has 5 nitrogen and oxygen atoms in total. The van der Waals surface area contributed by atoms with Crippen LogP contribution >= 0.6 is 11.6 Å². The van der Waals surface area contributed by atoms with Gasteiger partial charge in [0.05, 0.1) is 34.5 Å². The van der Waals surface area contributed by atoms with Crippen molar-refractivity contribution in [2.45, 2.75) is 83.8 Å². The molecule has 2 aliphatic heterocycles. The van der Waals surface area contributed by atoms with Crippen LogP contribution in [0, 0.1) is 18.3 Å². The second kappa shape index (κ2) is 7.61. The van der Waals surface area contributed by atoms with Crippen molar-refractivity contribution in [3.63, 3.8) is 0 Å². The maximum Gasteiger partial charge on any atom is 0.325 e. The van der Waals surface area contributed by atoms with E-state index < -0.39 is 8.32 Å². The summed E-state index contributed by atoms with van der Waals surface area (Å²) in [7, 11) is -1.94. The number of carbonyl (C=O) groups is 1. The Morgan fingerprint density at radius 1 is 1.34 bits per heavy atom. The molecular formula is C22H32ClN3O2Si. The Bertz CT molecular complexity index is 859. The number of benzene rings is 1. The summed E-state index contributed by atoms with van der Waals surface area (Å²) < 4.78 is 6.78. The minimum Gasteiger partial charge on any atom is -0.412 e. The molecule has 1 aromatic rings. The van der Waals surface area contributed by atoms with Gasteiger partial charge < -0.3 is 9.33 Å². The number of anilines is 1. The number of halogens is 1. The van der Waals surface area contributed by atoms with Crippen LogP contribution in [-0.2, 0) is 4.43 Å². The van der Waals surface area contributed by atoms with Crippen molar-refractivity contribution >= 4 is 31.6 Å². The highest BCUT2D eigenvalue weighted by molar-refractivity contribution is 6.74. The van der Waals surface area contributed by atoms with Gasteiger partial charge in [0.25, 0.3) is 0 Å². The monoisotopic (exact) mass is 433 g/mol. The zero-order valence-corrected chi connectivity index (χ0v) is 20.3. The summed E-state index contributed by atoms with van der Waals surface area (Å²) >= 11 is 6.41. The first-order chi connectivity index (χ1) is 13.4. The molecule has 2 aliphatic rings. The summed E-state index contributed by atoms with van der Waals surface area (Å²) in [5.74, 6) is 0. The first-order valence-corrected chi connectivity index (χ1v) is 13.7. The Morgan fingerprint density at radius 3 is 2.55 bits per heavy atom. The fourth-order valence-electron chi connectivity index (χ4n) is 4.31. The lowest BCUT2D eigenvalue weighted by atomic mass is 10.00. The molecule has 0 saturated carbocycles. The minimum atomic E-state index is -1.94. The normalized spacial score (nSPS) is 24.8. The molecule has 3 rings (SSSR count). The fourth-order valence-corrected chi connectivity index (χ4v) is 5.88. The molecule has 0 aliphatic carbocycles. The molecule has 158 valence electrons. The third-order valence-electron chi connectivity index (χ3n) is 6.98. The van der Waals surface area contributed by atoms with Crippen LogP contribution in [0.2, 0.25) is 23.2 Å². The van der Waals surface area contributed by atoms with Crippen molar-refractivity contribution in [1.82, 2.24) is 4.90 Å². The van der Waals surface area contributed by atoms with Gasteiger partial charge in [-0.15, -0.1) is 0 Å². The summed E-state index contributed by atoms with van der Waals surface area (Å²) in [6.07, 6.45) is 1.78. The van der Waals surface area contributed by atoms with Gasteiger partial charge in [-0.1, -0.05) is 39.3 Å². The van der Waals surface area contributed by atoms with Gasteiger partial charge in [0.2, 0.25) is 0 Å². The van der Waals surface area contributed by atoms with E-state index >= 15 is 0 Å². The molecule has 3 atom stereocenters. The van der Waals surface area contributed by atoms with E-state index in [0.717, 1.165) is 30.6 Å². The maximum absolute atomic E-state index is 13.4. The van der Waals surface area contributed by atoms with E-state index in [1.807, 2.05) is 22.8 Å². The first kappa shape index (κ1) is 22.1. The molecule has 0 aromatic heterocycles. The van der Waals surface area contributed by atoms with E-state index in [9.17, 15) is 10.1 Å². The van der Waals surface area contributed by atoms with E-state index in [1.54, 1.807) is 6.07 Å². The Balaban J connectivity index is 1.96. The molecule has 1 aromatic carbocycles. The highest BCUT2D eigenvalue weighted by Gasteiger charge is 2.54. The van der Waals surface area contributed by atoms with Gasteiger partial charge >= 0.3 is 6.03 Å². The Kier molecular flexibility index (Phi) is 5.81. The van der Waals surface area contributed by atoms with E-state index in [0.29, 0.717) is 10.6 Å². The van der Waals surface area contributed by atoms with Gasteiger partial charge in [0.1, 0.15) is 6.07 Å². The lowest BCUT2D eigenvalue weighted by Gasteiger charge is -2.40. The summed E-state index contributed by atoms with van der Waals surface area (Å²) in [5.41, 5.74) is 2.01. The topological polar surface area (TPSA) is 56.6 Å². The summed E-state index contributed by atoms with van der Waals surface area (Å²) in [5, 5.41) is 9.80. The van der Waals surface area contributed by atoms with E-state index in [2.05, 4.69) is 46.9 Å². The van der Waals surface area contributed by atoms with Crippen molar-refractivity contribution in [1.29, 1.82) is 5.26 Å². The highest BCUT2D eigenvalue weighted by Crippen LogP contribution is 2.44. The van der Waals surface area contributed by atoms with Crippen molar-refractivity contribution in [2.24, 2.45) is 0 Å². The molecule has 0 radical (unpaired) electrons. The van der Waals surface area contributed by atoms with Crippen LogP contribution in [0.25, 0.3) is 0 Å². The van der Waals surface area contributed by atoms with Crippen molar-refractivity contribution in [3.05, 3.63) is 28.3 Å². The van der Waals surface area contributed by atoms with Gasteiger partial charge in [-0.3, -0.25) is 4.90 Å². The van der Waals surface area contributed by atoms with Crippen LogP contribution < -0.4 is 4.90 Å². The molecule has 0 spiro atoms. The van der Waals surface area contributed by atoms with Crippen molar-refractivity contribution < 1.29 is 9.22 Å². The molecule has 2 amide bonds. The van der Waals surface area contributed by atoms with Crippen LogP contribution in [0.4, 0.5) is 10.5 Å². The third-order valence-corrected chi connectivity index (χ3v) is 12.0. The average Bonchev–Trinajstić information content (AvgIpc) is 3.15. The second-order valence-electron chi connectivity index (χ2n) is 9.70. The molecule has 29 heavy (non-hydrogen) atoms. The van der Waals surface area contributed by atoms with Crippen molar-refractivity contribution in [2.75, 3.05) is 11.4 Å². The molecule has 7 heteroatoms. The number of hydrogen-bond donors (Lipinski definition) is 0. The fraction of sp³-hybridized carbons (Fsp3) is 0.636. The minimum absolute atomic E-state index is 0.0204. The standard InChI is InChI=1S/C22H32ClN3O2Si/c1-8-16-20-18(28-29(6,7)22(3,4)5)11-12-25(20)21(27)26(16)17-10-9-15(13-24)19(23)14(17)2/h9-10,16,18,20H,8,11-12H2,1-7H3/t16-,18+,20-/m1/s1. The molecule has 2 fully saturated rings. The molecule has 0 N–H and O–H groups in total. The largest absolute Gasteiger partial charge is 0.412 e. The van der Waals surface area contributed by atoms with E-state index in [-0.39, 0.29) is 29.3 Å². The lowest BCUT2D eigenvalue weighted by Crippen LogP contribution is -2.49. The Hall–Kier alpha value is -1.55. The number of nitrogens with zero attached hydrogens (tertiary/aromatic N) is 3. The number of urea groups is 1.